The van der Waals surface area contributed by atoms with Crippen LogP contribution in [0, 0.1) is 0 Å². The number of rotatable bonds is 2. The molecular weight excluding hydrogens is 138 g/mol. The minimum Gasteiger partial charge on any atom is -0.392 e. The maximum Gasteiger partial charge on any atom is 0.312 e. The van der Waals surface area contributed by atoms with Gasteiger partial charge in [-0.1, -0.05) is 12.2 Å². The highest BCUT2D eigenvalue weighted by Crippen LogP contribution is 1.78. The quantitative estimate of drug-likeness (QED) is 0.453. The molecule has 0 radical (unpaired) electrons. The summed E-state index contributed by atoms with van der Waals surface area (Å²) in [5, 5.41) is 2.31. The molecule has 0 saturated carbocycles. The summed E-state index contributed by atoms with van der Waals surface area (Å²) in [6.45, 7) is 1.66. The minimum atomic E-state index is -0.615. The van der Waals surface area contributed by atoms with Gasteiger partial charge in [-0.25, -0.2) is 4.79 Å². The SMILES string of the molecule is CC(NC(N)=O)C(N)=S. The molecule has 52 valence electrons. The van der Waals surface area contributed by atoms with Crippen LogP contribution in [0.4, 0.5) is 4.79 Å². The number of hydrogen-bond donors (Lipinski definition) is 3. The molecule has 0 aliphatic carbocycles. The first-order valence-electron chi connectivity index (χ1n) is 2.39. The molecule has 0 saturated heterocycles. The van der Waals surface area contributed by atoms with Crippen molar-refractivity contribution in [2.75, 3.05) is 0 Å². The Labute approximate surface area is 58.6 Å². The molecule has 0 aromatic carbocycles. The number of nitrogens with one attached hydrogen (secondary N) is 1. The fraction of sp³-hybridized carbons (Fsp3) is 0.500. The van der Waals surface area contributed by atoms with E-state index in [1.807, 2.05) is 0 Å². The van der Waals surface area contributed by atoms with Crippen molar-refractivity contribution in [1.29, 1.82) is 0 Å². The molecule has 0 aliphatic rings. The smallest absolute Gasteiger partial charge is 0.312 e. The molecule has 0 spiro atoms. The van der Waals surface area contributed by atoms with Crippen molar-refractivity contribution in [2.24, 2.45) is 11.5 Å². The summed E-state index contributed by atoms with van der Waals surface area (Å²) in [6.07, 6.45) is 0. The van der Waals surface area contributed by atoms with Gasteiger partial charge in [-0.15, -0.1) is 0 Å². The molecule has 0 aromatic heterocycles. The number of nitrogens with two attached hydrogens (primary N) is 2. The Kier molecular flexibility index (Phi) is 2.94. The molecule has 4 nitrogen and oxygen atoms in total. The van der Waals surface area contributed by atoms with Crippen LogP contribution >= 0.6 is 12.2 Å². The van der Waals surface area contributed by atoms with Crippen molar-refractivity contribution >= 4 is 23.2 Å². The van der Waals surface area contributed by atoms with E-state index in [1.54, 1.807) is 6.92 Å². The zero-order chi connectivity index (χ0) is 7.44. The molecule has 1 unspecified atom stereocenters. The van der Waals surface area contributed by atoms with Gasteiger partial charge in [0.05, 0.1) is 11.0 Å². The second-order valence-electron chi connectivity index (χ2n) is 1.63. The highest BCUT2D eigenvalue weighted by Gasteiger charge is 2.04. The van der Waals surface area contributed by atoms with Crippen LogP contribution in [0.5, 0.6) is 0 Å². The van der Waals surface area contributed by atoms with Crippen LogP contribution < -0.4 is 16.8 Å². The first-order chi connectivity index (χ1) is 4.04. The Hall–Kier alpha value is -0.840. The summed E-state index contributed by atoms with van der Waals surface area (Å²) in [5.41, 5.74) is 9.91. The fourth-order valence-electron chi connectivity index (χ4n) is 0.285. The van der Waals surface area contributed by atoms with E-state index in [9.17, 15) is 4.79 Å². The number of hydrogen-bond acceptors (Lipinski definition) is 2. The zero-order valence-electron chi connectivity index (χ0n) is 5.05. The molecule has 0 aliphatic heterocycles. The van der Waals surface area contributed by atoms with E-state index in [-0.39, 0.29) is 11.0 Å². The van der Waals surface area contributed by atoms with Crippen LogP contribution in [0.3, 0.4) is 0 Å². The van der Waals surface area contributed by atoms with Crippen molar-refractivity contribution in [2.45, 2.75) is 13.0 Å². The average Bonchev–Trinajstić information content (AvgIpc) is 1.63. The van der Waals surface area contributed by atoms with E-state index in [1.165, 1.54) is 0 Å². The van der Waals surface area contributed by atoms with Crippen LogP contribution in [0.15, 0.2) is 0 Å². The second-order valence-corrected chi connectivity index (χ2v) is 2.10. The van der Waals surface area contributed by atoms with E-state index >= 15 is 0 Å². The Morgan fingerprint density at radius 1 is 1.67 bits per heavy atom. The summed E-state index contributed by atoms with van der Waals surface area (Å²) in [6, 6.07) is -0.937. The third kappa shape index (κ3) is 3.72. The van der Waals surface area contributed by atoms with Crippen LogP contribution in [0.1, 0.15) is 6.92 Å². The van der Waals surface area contributed by atoms with E-state index < -0.39 is 6.03 Å². The van der Waals surface area contributed by atoms with Crippen molar-refractivity contribution < 1.29 is 4.79 Å². The van der Waals surface area contributed by atoms with Gasteiger partial charge in [-0.05, 0) is 6.92 Å². The largest absolute Gasteiger partial charge is 0.392 e. The van der Waals surface area contributed by atoms with E-state index in [4.69, 9.17) is 11.5 Å². The third-order valence-electron chi connectivity index (χ3n) is 0.786. The highest BCUT2D eigenvalue weighted by molar-refractivity contribution is 7.80. The average molecular weight is 147 g/mol. The normalized spacial score (nSPS) is 12.1. The maximum absolute atomic E-state index is 10.1. The maximum atomic E-state index is 10.1. The van der Waals surface area contributed by atoms with Crippen molar-refractivity contribution in [3.8, 4) is 0 Å². The summed E-state index contributed by atoms with van der Waals surface area (Å²) in [4.78, 5) is 10.3. The number of amides is 2. The van der Waals surface area contributed by atoms with Gasteiger partial charge < -0.3 is 16.8 Å². The second kappa shape index (κ2) is 3.24. The molecule has 0 aromatic rings. The topological polar surface area (TPSA) is 81.1 Å². The predicted octanol–water partition coefficient (Wildman–Crippen LogP) is -0.671. The predicted molar refractivity (Wildman–Crippen MR) is 39.0 cm³/mol. The number of carbonyl (C=O) groups excluding carboxylic acids is 1. The van der Waals surface area contributed by atoms with Crippen molar-refractivity contribution in [3.05, 3.63) is 0 Å². The Morgan fingerprint density at radius 3 is 2.22 bits per heavy atom. The monoisotopic (exact) mass is 147 g/mol. The first-order valence-corrected chi connectivity index (χ1v) is 2.80. The van der Waals surface area contributed by atoms with Crippen LogP contribution in [0.2, 0.25) is 0 Å². The standard InChI is InChI=1S/C4H9N3OS/c1-2(3(5)9)7-4(6)8/h2H,1H3,(H2,5,9)(H3,6,7,8). The molecule has 0 fully saturated rings. The van der Waals surface area contributed by atoms with Gasteiger partial charge >= 0.3 is 6.03 Å². The van der Waals surface area contributed by atoms with Gasteiger partial charge in [0.25, 0.3) is 0 Å². The van der Waals surface area contributed by atoms with Gasteiger partial charge in [-0.2, -0.15) is 0 Å². The van der Waals surface area contributed by atoms with Crippen molar-refractivity contribution in [3.63, 3.8) is 0 Å². The zero-order valence-corrected chi connectivity index (χ0v) is 5.87. The van der Waals surface area contributed by atoms with Gasteiger partial charge in [0, 0.05) is 0 Å². The molecule has 0 heterocycles. The van der Waals surface area contributed by atoms with E-state index in [0.717, 1.165) is 0 Å². The number of urea groups is 1. The van der Waals surface area contributed by atoms with Crippen LogP contribution in [-0.2, 0) is 0 Å². The lowest BCUT2D eigenvalue weighted by Crippen LogP contribution is -2.43. The molecule has 5 heteroatoms. The minimum absolute atomic E-state index is 0.230. The Balaban J connectivity index is 3.63. The lowest BCUT2D eigenvalue weighted by molar-refractivity contribution is 0.248. The Bertz CT molecular complexity index is 136. The summed E-state index contributed by atoms with van der Waals surface area (Å²) in [5.74, 6) is 0. The molecule has 2 amide bonds. The number of carbonyl (C=O) groups is 1. The molecular formula is C4H9N3OS. The first kappa shape index (κ1) is 8.16. The van der Waals surface area contributed by atoms with Gasteiger partial charge in [0.1, 0.15) is 0 Å². The summed E-state index contributed by atoms with van der Waals surface area (Å²) in [7, 11) is 0. The van der Waals surface area contributed by atoms with Crippen LogP contribution in [0.25, 0.3) is 0 Å². The van der Waals surface area contributed by atoms with Crippen LogP contribution in [-0.4, -0.2) is 17.1 Å². The summed E-state index contributed by atoms with van der Waals surface area (Å²) < 4.78 is 0. The van der Waals surface area contributed by atoms with Gasteiger partial charge in [0.15, 0.2) is 0 Å². The van der Waals surface area contributed by atoms with E-state index in [2.05, 4.69) is 17.5 Å². The fourth-order valence-corrected chi connectivity index (χ4v) is 0.343. The lowest BCUT2D eigenvalue weighted by atomic mass is 10.3. The molecule has 0 rings (SSSR count). The van der Waals surface area contributed by atoms with Crippen molar-refractivity contribution in [1.82, 2.24) is 5.32 Å². The molecule has 9 heavy (non-hydrogen) atoms. The third-order valence-corrected chi connectivity index (χ3v) is 1.14. The number of primary amides is 1. The van der Waals surface area contributed by atoms with E-state index in [0.29, 0.717) is 0 Å². The number of thiocarbonyl (C=S) groups is 1. The molecule has 5 N–H and O–H groups in total. The lowest BCUT2D eigenvalue weighted by Gasteiger charge is -2.08. The van der Waals surface area contributed by atoms with Gasteiger partial charge in [0.2, 0.25) is 0 Å². The molecule has 0 bridgehead atoms. The highest BCUT2D eigenvalue weighted by atomic mass is 32.1. The summed E-state index contributed by atoms with van der Waals surface area (Å²) >= 11 is 4.54. The Morgan fingerprint density at radius 2 is 2.11 bits per heavy atom. The molecule has 1 atom stereocenters. The van der Waals surface area contributed by atoms with Gasteiger partial charge in [-0.3, -0.25) is 0 Å².